The number of benzene rings is 1. The summed E-state index contributed by atoms with van der Waals surface area (Å²) in [5.74, 6) is 1.16. The number of aryl methyl sites for hydroxylation is 1. The topological polar surface area (TPSA) is 68.7 Å². The second kappa shape index (κ2) is 5.69. The summed E-state index contributed by atoms with van der Waals surface area (Å²) in [6.07, 6.45) is 1.61. The van der Waals surface area contributed by atoms with Gasteiger partial charge in [0.15, 0.2) is 0 Å². The van der Waals surface area contributed by atoms with Crippen molar-refractivity contribution in [1.29, 1.82) is 0 Å². The van der Waals surface area contributed by atoms with Gasteiger partial charge in [0.05, 0.1) is 24.6 Å². The van der Waals surface area contributed by atoms with Crippen molar-refractivity contribution in [1.82, 2.24) is 4.90 Å². The van der Waals surface area contributed by atoms with E-state index in [2.05, 4.69) is 0 Å². The molecule has 0 unspecified atom stereocenters. The van der Waals surface area contributed by atoms with Gasteiger partial charge in [0.25, 0.3) is 5.91 Å². The van der Waals surface area contributed by atoms with E-state index < -0.39 is 0 Å². The Balaban J connectivity index is 2.21. The molecule has 0 aliphatic rings. The third kappa shape index (κ3) is 2.61. The molecule has 0 radical (unpaired) electrons. The number of hydrogen-bond acceptors (Lipinski definition) is 4. The molecule has 5 nitrogen and oxygen atoms in total. The van der Waals surface area contributed by atoms with Crippen molar-refractivity contribution in [3.8, 4) is 5.75 Å². The monoisotopic (exact) mass is 274 g/mol. The van der Waals surface area contributed by atoms with Gasteiger partial charge in [-0.1, -0.05) is 6.07 Å². The molecule has 2 rings (SSSR count). The van der Waals surface area contributed by atoms with E-state index >= 15 is 0 Å². The van der Waals surface area contributed by atoms with E-state index in [1.165, 1.54) is 7.11 Å². The Morgan fingerprint density at radius 3 is 2.75 bits per heavy atom. The molecule has 20 heavy (non-hydrogen) atoms. The molecular formula is C15H18N2O3. The zero-order chi connectivity index (χ0) is 14.7. The standard InChI is InChI=1S/C15H18N2O3/c1-10-11(7-8-20-10)9-17(2)15(18)12-5-4-6-13(19-3)14(12)16/h4-8H,9,16H2,1-3H3. The molecule has 0 spiro atoms. The number of amides is 1. The Kier molecular flexibility index (Phi) is 3.98. The van der Waals surface area contributed by atoms with Crippen molar-refractivity contribution in [2.24, 2.45) is 0 Å². The van der Waals surface area contributed by atoms with Crippen LogP contribution in [-0.2, 0) is 6.54 Å². The first-order valence-electron chi connectivity index (χ1n) is 6.25. The average molecular weight is 274 g/mol. The van der Waals surface area contributed by atoms with Crippen LogP contribution < -0.4 is 10.5 Å². The van der Waals surface area contributed by atoms with Gasteiger partial charge in [-0.05, 0) is 25.1 Å². The highest BCUT2D eigenvalue weighted by molar-refractivity contribution is 6.00. The van der Waals surface area contributed by atoms with Crippen LogP contribution >= 0.6 is 0 Å². The number of para-hydroxylation sites is 1. The molecule has 0 saturated carbocycles. The van der Waals surface area contributed by atoms with Crippen molar-refractivity contribution in [2.45, 2.75) is 13.5 Å². The smallest absolute Gasteiger partial charge is 0.256 e. The second-order valence-corrected chi connectivity index (χ2v) is 4.58. The summed E-state index contributed by atoms with van der Waals surface area (Å²) in [5.41, 5.74) is 7.71. The molecule has 0 aliphatic heterocycles. The zero-order valence-electron chi connectivity index (χ0n) is 11.8. The van der Waals surface area contributed by atoms with Crippen LogP contribution in [0.15, 0.2) is 34.9 Å². The largest absolute Gasteiger partial charge is 0.495 e. The van der Waals surface area contributed by atoms with Gasteiger partial charge in [-0.15, -0.1) is 0 Å². The Bertz CT molecular complexity index is 619. The fourth-order valence-corrected chi connectivity index (χ4v) is 2.02. The van der Waals surface area contributed by atoms with Crippen LogP contribution in [-0.4, -0.2) is 25.0 Å². The SMILES string of the molecule is COc1cccc(C(=O)N(C)Cc2ccoc2C)c1N. The number of furan rings is 1. The second-order valence-electron chi connectivity index (χ2n) is 4.58. The number of ether oxygens (including phenoxy) is 1. The summed E-state index contributed by atoms with van der Waals surface area (Å²) in [7, 11) is 3.26. The van der Waals surface area contributed by atoms with Crippen molar-refractivity contribution in [3.63, 3.8) is 0 Å². The lowest BCUT2D eigenvalue weighted by Gasteiger charge is -2.18. The maximum Gasteiger partial charge on any atom is 0.256 e. The maximum atomic E-state index is 12.4. The lowest BCUT2D eigenvalue weighted by molar-refractivity contribution is 0.0785. The third-order valence-electron chi connectivity index (χ3n) is 3.24. The van der Waals surface area contributed by atoms with E-state index in [1.54, 1.807) is 36.4 Å². The van der Waals surface area contributed by atoms with Crippen LogP contribution in [0, 0.1) is 6.92 Å². The lowest BCUT2D eigenvalue weighted by atomic mass is 10.1. The number of rotatable bonds is 4. The van der Waals surface area contributed by atoms with E-state index in [0.717, 1.165) is 11.3 Å². The number of methoxy groups -OCH3 is 1. The fourth-order valence-electron chi connectivity index (χ4n) is 2.02. The molecule has 2 N–H and O–H groups in total. The van der Waals surface area contributed by atoms with Crippen molar-refractivity contribution >= 4 is 11.6 Å². The van der Waals surface area contributed by atoms with E-state index in [1.807, 2.05) is 13.0 Å². The molecule has 0 fully saturated rings. The Hall–Kier alpha value is -2.43. The number of carbonyl (C=O) groups is 1. The lowest BCUT2D eigenvalue weighted by Crippen LogP contribution is -2.27. The van der Waals surface area contributed by atoms with Gasteiger partial charge in [-0.2, -0.15) is 0 Å². The Morgan fingerprint density at radius 1 is 1.40 bits per heavy atom. The van der Waals surface area contributed by atoms with Crippen molar-refractivity contribution in [2.75, 3.05) is 19.9 Å². The average Bonchev–Trinajstić information content (AvgIpc) is 2.84. The summed E-state index contributed by atoms with van der Waals surface area (Å²) in [4.78, 5) is 14.0. The normalized spacial score (nSPS) is 10.3. The zero-order valence-corrected chi connectivity index (χ0v) is 11.8. The molecule has 5 heteroatoms. The molecule has 2 aromatic rings. The summed E-state index contributed by atoms with van der Waals surface area (Å²) in [6.45, 7) is 2.34. The number of hydrogen-bond donors (Lipinski definition) is 1. The molecule has 1 amide bonds. The highest BCUT2D eigenvalue weighted by Gasteiger charge is 2.18. The summed E-state index contributed by atoms with van der Waals surface area (Å²) in [6, 6.07) is 7.03. The van der Waals surface area contributed by atoms with Crippen molar-refractivity contribution < 1.29 is 13.9 Å². The summed E-state index contributed by atoms with van der Waals surface area (Å²) in [5, 5.41) is 0. The van der Waals surface area contributed by atoms with Gasteiger partial charge in [0.2, 0.25) is 0 Å². The van der Waals surface area contributed by atoms with E-state index in [9.17, 15) is 4.79 Å². The molecule has 0 bridgehead atoms. The van der Waals surface area contributed by atoms with Crippen LogP contribution in [0.1, 0.15) is 21.7 Å². The molecule has 1 heterocycles. The quantitative estimate of drug-likeness (QED) is 0.869. The molecule has 0 aliphatic carbocycles. The van der Waals surface area contributed by atoms with Gasteiger partial charge in [-0.3, -0.25) is 4.79 Å². The van der Waals surface area contributed by atoms with Gasteiger partial charge >= 0.3 is 0 Å². The first-order chi connectivity index (χ1) is 9.54. The van der Waals surface area contributed by atoms with Crippen LogP contribution in [0.25, 0.3) is 0 Å². The van der Waals surface area contributed by atoms with Gasteiger partial charge < -0.3 is 19.8 Å². The number of nitrogens with two attached hydrogens (primary N) is 1. The minimum absolute atomic E-state index is 0.151. The first-order valence-corrected chi connectivity index (χ1v) is 6.25. The highest BCUT2D eigenvalue weighted by atomic mass is 16.5. The van der Waals surface area contributed by atoms with E-state index in [-0.39, 0.29) is 5.91 Å². The van der Waals surface area contributed by atoms with E-state index in [4.69, 9.17) is 14.9 Å². The number of anilines is 1. The summed E-state index contributed by atoms with van der Waals surface area (Å²) < 4.78 is 10.4. The molecule has 106 valence electrons. The van der Waals surface area contributed by atoms with Crippen LogP contribution in [0.2, 0.25) is 0 Å². The minimum Gasteiger partial charge on any atom is -0.495 e. The molecular weight excluding hydrogens is 256 g/mol. The predicted octanol–water partition coefficient (Wildman–Crippen LogP) is 2.45. The van der Waals surface area contributed by atoms with Crippen LogP contribution in [0.4, 0.5) is 5.69 Å². The van der Waals surface area contributed by atoms with Gasteiger partial charge in [-0.25, -0.2) is 0 Å². The minimum atomic E-state index is -0.151. The third-order valence-corrected chi connectivity index (χ3v) is 3.24. The van der Waals surface area contributed by atoms with Gasteiger partial charge in [0, 0.05) is 19.2 Å². The molecule has 1 aromatic heterocycles. The number of nitrogens with zero attached hydrogens (tertiary/aromatic N) is 1. The highest BCUT2D eigenvalue weighted by Crippen LogP contribution is 2.26. The van der Waals surface area contributed by atoms with Gasteiger partial charge in [0.1, 0.15) is 11.5 Å². The predicted molar refractivity (Wildman–Crippen MR) is 76.6 cm³/mol. The van der Waals surface area contributed by atoms with Crippen molar-refractivity contribution in [3.05, 3.63) is 47.4 Å². The Labute approximate surface area is 117 Å². The number of carbonyl (C=O) groups excluding carboxylic acids is 1. The molecule has 1 aromatic carbocycles. The molecule has 0 saturated heterocycles. The maximum absolute atomic E-state index is 12.4. The van der Waals surface area contributed by atoms with E-state index in [0.29, 0.717) is 23.5 Å². The van der Waals surface area contributed by atoms with Crippen LogP contribution in [0.5, 0.6) is 5.75 Å². The van der Waals surface area contributed by atoms with Crippen LogP contribution in [0.3, 0.4) is 0 Å². The first kappa shape index (κ1) is 14.0. The Morgan fingerprint density at radius 2 is 2.15 bits per heavy atom. The number of nitrogen functional groups attached to an aromatic ring is 1. The molecule has 0 atom stereocenters. The fraction of sp³-hybridized carbons (Fsp3) is 0.267. The summed E-state index contributed by atoms with van der Waals surface area (Å²) >= 11 is 0.